The Balaban J connectivity index is 2.68. The van der Waals surface area contributed by atoms with Crippen molar-refractivity contribution in [3.8, 4) is 0 Å². The van der Waals surface area contributed by atoms with Gasteiger partial charge in [-0.1, -0.05) is 50.6 Å². The van der Waals surface area contributed by atoms with Crippen molar-refractivity contribution in [1.82, 2.24) is 0 Å². The highest BCUT2D eigenvalue weighted by Gasteiger charge is 2.56. The van der Waals surface area contributed by atoms with Crippen molar-refractivity contribution in [3.05, 3.63) is 69.8 Å². The molecule has 1 unspecified atom stereocenters. The molecule has 156 valence electrons. The molecule has 0 aliphatic heterocycles. The molecule has 1 amide bonds. The number of hydrogen-bond acceptors (Lipinski definition) is 6. The third-order valence-corrected chi connectivity index (χ3v) is 7.36. The lowest BCUT2D eigenvalue weighted by molar-refractivity contribution is -0.384. The molecule has 0 radical (unpaired) electrons. The normalized spacial score (nSPS) is 14.1. The summed E-state index contributed by atoms with van der Waals surface area (Å²) in [6, 6.07) is 11.6. The molecular weight excluding hydrogens is 396 g/mol. The molecule has 2 aromatic rings. The van der Waals surface area contributed by atoms with E-state index in [0.29, 0.717) is 5.56 Å². The number of amides is 1. The monoisotopic (exact) mass is 420 g/mol. The zero-order chi connectivity index (χ0) is 22.0. The van der Waals surface area contributed by atoms with E-state index in [-0.39, 0.29) is 17.0 Å². The van der Waals surface area contributed by atoms with Gasteiger partial charge in [-0.05, 0) is 24.6 Å². The molecule has 0 aromatic heterocycles. The van der Waals surface area contributed by atoms with Gasteiger partial charge in [0.15, 0.2) is 0 Å². The van der Waals surface area contributed by atoms with E-state index in [0.717, 1.165) is 5.56 Å². The number of benzene rings is 2. The first kappa shape index (κ1) is 22.4. The number of aryl methyl sites for hydroxylation is 1. The standard InChI is InChI=1S/C20H24N2O6S/c1-14-5-11-17(12-6-14)29(26,27)20(19(2,3)4,28-18(21)23)13-15-7-9-16(10-8-15)22(24)25/h5-12H,13H2,1-4H3,(H2,21,23). The number of primary amides is 1. The molecule has 0 saturated carbocycles. The van der Waals surface area contributed by atoms with Crippen molar-refractivity contribution in [3.63, 3.8) is 0 Å². The maximum Gasteiger partial charge on any atom is 0.406 e. The van der Waals surface area contributed by atoms with E-state index in [1.54, 1.807) is 32.9 Å². The van der Waals surface area contributed by atoms with E-state index in [2.05, 4.69) is 0 Å². The van der Waals surface area contributed by atoms with Crippen molar-refractivity contribution in [2.24, 2.45) is 11.1 Å². The van der Waals surface area contributed by atoms with Crippen LogP contribution in [0.1, 0.15) is 31.9 Å². The first-order chi connectivity index (χ1) is 13.3. The van der Waals surface area contributed by atoms with Gasteiger partial charge in [0.2, 0.25) is 14.8 Å². The predicted octanol–water partition coefficient (Wildman–Crippen LogP) is 3.76. The molecule has 8 nitrogen and oxygen atoms in total. The van der Waals surface area contributed by atoms with Gasteiger partial charge < -0.3 is 10.5 Å². The Morgan fingerprint density at radius 3 is 2.00 bits per heavy atom. The summed E-state index contributed by atoms with van der Waals surface area (Å²) in [6.07, 6.45) is -1.45. The number of sulfone groups is 1. The fourth-order valence-corrected chi connectivity index (χ4v) is 5.31. The van der Waals surface area contributed by atoms with E-state index in [4.69, 9.17) is 10.5 Å². The van der Waals surface area contributed by atoms with Gasteiger partial charge in [0.1, 0.15) is 0 Å². The zero-order valence-electron chi connectivity index (χ0n) is 16.7. The highest BCUT2D eigenvalue weighted by molar-refractivity contribution is 7.92. The summed E-state index contributed by atoms with van der Waals surface area (Å²) in [4.78, 5) is 20.1. The van der Waals surface area contributed by atoms with Crippen LogP contribution in [0.4, 0.5) is 10.5 Å². The fourth-order valence-electron chi connectivity index (χ4n) is 3.08. The second-order valence-corrected chi connectivity index (χ2v) is 9.98. The van der Waals surface area contributed by atoms with E-state index in [1.807, 2.05) is 6.92 Å². The quantitative estimate of drug-likeness (QED) is 0.559. The Morgan fingerprint density at radius 2 is 1.59 bits per heavy atom. The molecule has 0 aliphatic rings. The lowest BCUT2D eigenvalue weighted by atomic mass is 9.84. The molecule has 0 fully saturated rings. The van der Waals surface area contributed by atoms with Crippen LogP contribution in [0.25, 0.3) is 0 Å². The van der Waals surface area contributed by atoms with Gasteiger partial charge in [-0.2, -0.15) is 0 Å². The molecule has 0 bridgehead atoms. The van der Waals surface area contributed by atoms with Gasteiger partial charge in [-0.15, -0.1) is 0 Å². The lowest BCUT2D eigenvalue weighted by Gasteiger charge is -2.42. The van der Waals surface area contributed by atoms with E-state index < -0.39 is 31.2 Å². The lowest BCUT2D eigenvalue weighted by Crippen LogP contribution is -2.55. The Hall–Kier alpha value is -2.94. The summed E-state index contributed by atoms with van der Waals surface area (Å²) in [5, 5.41) is 10.9. The fraction of sp³-hybridized carbons (Fsp3) is 0.350. The molecule has 0 aliphatic carbocycles. The zero-order valence-corrected chi connectivity index (χ0v) is 17.5. The summed E-state index contributed by atoms with van der Waals surface area (Å²) in [5.74, 6) is 0. The minimum absolute atomic E-state index is 0.0128. The molecule has 0 heterocycles. The summed E-state index contributed by atoms with van der Waals surface area (Å²) < 4.78 is 32.7. The van der Waals surface area contributed by atoms with Crippen LogP contribution in [-0.2, 0) is 21.0 Å². The van der Waals surface area contributed by atoms with Crippen molar-refractivity contribution < 1.29 is 22.9 Å². The Labute approximate surface area is 169 Å². The number of carbonyl (C=O) groups excluding carboxylic acids is 1. The highest BCUT2D eigenvalue weighted by atomic mass is 32.2. The number of nitrogens with two attached hydrogens (primary N) is 1. The average molecular weight is 420 g/mol. The first-order valence-corrected chi connectivity index (χ1v) is 10.3. The SMILES string of the molecule is Cc1ccc(S(=O)(=O)C(Cc2ccc([N+](=O)[O-])cc2)(OC(N)=O)C(C)(C)C)cc1. The van der Waals surface area contributed by atoms with Crippen LogP contribution in [-0.4, -0.2) is 24.4 Å². The summed E-state index contributed by atoms with van der Waals surface area (Å²) in [5.41, 5.74) is 5.39. The predicted molar refractivity (Wildman–Crippen MR) is 108 cm³/mol. The molecule has 2 rings (SSSR count). The summed E-state index contributed by atoms with van der Waals surface area (Å²) in [7, 11) is -4.21. The number of non-ortho nitro benzene ring substituents is 1. The topological polar surface area (TPSA) is 130 Å². The molecule has 0 saturated heterocycles. The molecule has 2 N–H and O–H groups in total. The highest BCUT2D eigenvalue weighted by Crippen LogP contribution is 2.44. The van der Waals surface area contributed by atoms with Gasteiger partial charge in [0.25, 0.3) is 5.69 Å². The van der Waals surface area contributed by atoms with E-state index in [1.165, 1.54) is 36.4 Å². The Kier molecular flexibility index (Phi) is 6.03. The molecule has 9 heteroatoms. The van der Waals surface area contributed by atoms with Crippen LogP contribution in [0.2, 0.25) is 0 Å². The van der Waals surface area contributed by atoms with Crippen LogP contribution in [0, 0.1) is 22.5 Å². The first-order valence-electron chi connectivity index (χ1n) is 8.83. The van der Waals surface area contributed by atoms with Gasteiger partial charge in [-0.25, -0.2) is 13.2 Å². The number of nitro groups is 1. The number of hydrogen-bond donors (Lipinski definition) is 1. The van der Waals surface area contributed by atoms with Crippen LogP contribution >= 0.6 is 0 Å². The average Bonchev–Trinajstić information content (AvgIpc) is 2.60. The largest absolute Gasteiger partial charge is 0.425 e. The van der Waals surface area contributed by atoms with Crippen LogP contribution < -0.4 is 5.73 Å². The Morgan fingerprint density at radius 1 is 1.07 bits per heavy atom. The number of carbonyl (C=O) groups is 1. The van der Waals surface area contributed by atoms with Gasteiger partial charge >= 0.3 is 6.09 Å². The number of rotatable bonds is 6. The van der Waals surface area contributed by atoms with Gasteiger partial charge in [0.05, 0.1) is 9.82 Å². The smallest absolute Gasteiger partial charge is 0.406 e. The van der Waals surface area contributed by atoms with Crippen molar-refractivity contribution >= 4 is 21.6 Å². The van der Waals surface area contributed by atoms with Crippen LogP contribution in [0.5, 0.6) is 0 Å². The molecule has 0 spiro atoms. The molecule has 1 atom stereocenters. The molecule has 29 heavy (non-hydrogen) atoms. The third kappa shape index (κ3) is 4.40. The van der Waals surface area contributed by atoms with Crippen LogP contribution in [0.15, 0.2) is 53.4 Å². The van der Waals surface area contributed by atoms with Crippen molar-refractivity contribution in [1.29, 1.82) is 0 Å². The Bertz CT molecular complexity index is 1010. The summed E-state index contributed by atoms with van der Waals surface area (Å²) in [6.45, 7) is 6.72. The maximum absolute atomic E-state index is 13.7. The second-order valence-electron chi connectivity index (χ2n) is 7.84. The molecular formula is C20H24N2O6S. The third-order valence-electron chi connectivity index (χ3n) is 4.76. The number of ether oxygens (including phenoxy) is 1. The van der Waals surface area contributed by atoms with Gasteiger partial charge in [0, 0.05) is 24.0 Å². The molecule has 2 aromatic carbocycles. The van der Waals surface area contributed by atoms with Crippen LogP contribution in [0.3, 0.4) is 0 Å². The minimum atomic E-state index is -4.21. The van der Waals surface area contributed by atoms with E-state index in [9.17, 15) is 23.3 Å². The minimum Gasteiger partial charge on any atom is -0.425 e. The van der Waals surface area contributed by atoms with Gasteiger partial charge in [-0.3, -0.25) is 10.1 Å². The van der Waals surface area contributed by atoms with Crippen molar-refractivity contribution in [2.45, 2.75) is 43.9 Å². The maximum atomic E-state index is 13.7. The second kappa shape index (κ2) is 7.82. The van der Waals surface area contributed by atoms with E-state index >= 15 is 0 Å². The number of nitro benzene ring substituents is 1. The number of nitrogens with zero attached hydrogens (tertiary/aromatic N) is 1. The summed E-state index contributed by atoms with van der Waals surface area (Å²) >= 11 is 0. The van der Waals surface area contributed by atoms with Crippen molar-refractivity contribution in [2.75, 3.05) is 0 Å².